The summed E-state index contributed by atoms with van der Waals surface area (Å²) in [6, 6.07) is 21.3. The topological polar surface area (TPSA) is 9.23 Å². The molecule has 3 rings (SSSR count). The Balaban J connectivity index is 2.26. The molecule has 0 aromatic heterocycles. The van der Waals surface area contributed by atoms with Gasteiger partial charge in [0.25, 0.3) is 0 Å². The Morgan fingerprint density at radius 2 is 1.52 bits per heavy atom. The van der Waals surface area contributed by atoms with Gasteiger partial charge < -0.3 is 4.74 Å². The summed E-state index contributed by atoms with van der Waals surface area (Å²) in [5.41, 5.74) is 5.16. The van der Waals surface area contributed by atoms with Crippen molar-refractivity contribution in [3.05, 3.63) is 90.0 Å². The third-order valence-electron chi connectivity index (χ3n) is 4.46. The van der Waals surface area contributed by atoms with Crippen LogP contribution in [0, 0.1) is 11.8 Å². The highest BCUT2D eigenvalue weighted by atomic mass is 16.5. The number of ether oxygens (including phenoxy) is 1. The van der Waals surface area contributed by atoms with Crippen LogP contribution in [-0.2, 0) is 4.74 Å². The van der Waals surface area contributed by atoms with Crippen LogP contribution in [0.1, 0.15) is 25.0 Å². The van der Waals surface area contributed by atoms with Crippen LogP contribution in [0.25, 0.3) is 5.57 Å². The molecule has 0 saturated carbocycles. The van der Waals surface area contributed by atoms with Crippen LogP contribution in [0.4, 0.5) is 0 Å². The molecule has 1 heteroatoms. The quantitative estimate of drug-likeness (QED) is 0.692. The average molecular weight is 304 g/mol. The van der Waals surface area contributed by atoms with E-state index in [1.807, 2.05) is 6.08 Å². The molecule has 23 heavy (non-hydrogen) atoms. The molecule has 2 atom stereocenters. The van der Waals surface area contributed by atoms with Gasteiger partial charge >= 0.3 is 0 Å². The van der Waals surface area contributed by atoms with E-state index in [1.165, 1.54) is 22.3 Å². The molecule has 2 aromatic carbocycles. The van der Waals surface area contributed by atoms with Crippen molar-refractivity contribution in [2.45, 2.75) is 20.0 Å². The lowest BCUT2D eigenvalue weighted by Crippen LogP contribution is -2.18. The highest BCUT2D eigenvalue weighted by molar-refractivity contribution is 5.83. The van der Waals surface area contributed by atoms with Crippen molar-refractivity contribution in [2.75, 3.05) is 6.61 Å². The summed E-state index contributed by atoms with van der Waals surface area (Å²) in [6.07, 6.45) is 2.18. The summed E-state index contributed by atoms with van der Waals surface area (Å²) in [7, 11) is 0. The van der Waals surface area contributed by atoms with Gasteiger partial charge in [-0.25, -0.2) is 0 Å². The standard InChI is InChI=1S/C22H24O/c1-4-17-15-23-22(16(2)3)21(17)20(18-11-7-5-8-12-18)19-13-9-6-10-14-19/h4-14,16-17,22H,1,15H2,2-3H3/t17-,22-/m0/s1. The van der Waals surface area contributed by atoms with Crippen molar-refractivity contribution in [3.8, 4) is 0 Å². The minimum Gasteiger partial charge on any atom is -0.373 e. The predicted octanol–water partition coefficient (Wildman–Crippen LogP) is 5.35. The van der Waals surface area contributed by atoms with Crippen molar-refractivity contribution in [3.63, 3.8) is 0 Å². The van der Waals surface area contributed by atoms with Crippen molar-refractivity contribution in [1.82, 2.24) is 0 Å². The fraction of sp³-hybridized carbons (Fsp3) is 0.273. The van der Waals surface area contributed by atoms with Gasteiger partial charge in [-0.3, -0.25) is 0 Å². The maximum Gasteiger partial charge on any atom is 0.0824 e. The Morgan fingerprint density at radius 1 is 1.00 bits per heavy atom. The molecule has 0 amide bonds. The SMILES string of the molecule is C=C[C@H]1CO[C@@H](C(C)C)C1=C(c1ccccc1)c1ccccc1. The smallest absolute Gasteiger partial charge is 0.0824 e. The fourth-order valence-corrected chi connectivity index (χ4v) is 3.38. The van der Waals surface area contributed by atoms with Crippen LogP contribution in [0.3, 0.4) is 0 Å². The predicted molar refractivity (Wildman–Crippen MR) is 97.2 cm³/mol. The molecular formula is C22H24O. The van der Waals surface area contributed by atoms with Gasteiger partial charge in [0.15, 0.2) is 0 Å². The monoisotopic (exact) mass is 304 g/mol. The molecule has 1 aliphatic heterocycles. The van der Waals surface area contributed by atoms with E-state index >= 15 is 0 Å². The molecule has 1 nitrogen and oxygen atoms in total. The summed E-state index contributed by atoms with van der Waals surface area (Å²) >= 11 is 0. The summed E-state index contributed by atoms with van der Waals surface area (Å²) in [5, 5.41) is 0. The van der Waals surface area contributed by atoms with Crippen LogP contribution >= 0.6 is 0 Å². The Bertz CT molecular complexity index is 641. The van der Waals surface area contributed by atoms with E-state index in [9.17, 15) is 0 Å². The molecule has 0 spiro atoms. The van der Waals surface area contributed by atoms with Gasteiger partial charge in [-0.2, -0.15) is 0 Å². The van der Waals surface area contributed by atoms with E-state index in [2.05, 4.69) is 81.1 Å². The van der Waals surface area contributed by atoms with Gasteiger partial charge in [-0.15, -0.1) is 6.58 Å². The molecule has 0 radical (unpaired) electrons. The molecule has 1 heterocycles. The Kier molecular flexibility index (Phi) is 4.78. The molecule has 2 aromatic rings. The van der Waals surface area contributed by atoms with Crippen LogP contribution in [-0.4, -0.2) is 12.7 Å². The first-order chi connectivity index (χ1) is 11.2. The van der Waals surface area contributed by atoms with Gasteiger partial charge in [0.1, 0.15) is 0 Å². The molecule has 0 bridgehead atoms. The van der Waals surface area contributed by atoms with E-state index in [-0.39, 0.29) is 12.0 Å². The first kappa shape index (κ1) is 15.8. The fourth-order valence-electron chi connectivity index (χ4n) is 3.38. The second-order valence-corrected chi connectivity index (χ2v) is 6.40. The van der Waals surface area contributed by atoms with E-state index in [0.29, 0.717) is 5.92 Å². The largest absolute Gasteiger partial charge is 0.373 e. The number of rotatable bonds is 4. The summed E-state index contributed by atoms with van der Waals surface area (Å²) in [4.78, 5) is 0. The molecule has 1 saturated heterocycles. The van der Waals surface area contributed by atoms with Gasteiger partial charge in [0, 0.05) is 5.92 Å². The Labute approximate surface area is 139 Å². The van der Waals surface area contributed by atoms with Gasteiger partial charge in [0.2, 0.25) is 0 Å². The molecule has 1 aliphatic rings. The van der Waals surface area contributed by atoms with Crippen LogP contribution in [0.15, 0.2) is 78.9 Å². The van der Waals surface area contributed by atoms with E-state index in [1.54, 1.807) is 0 Å². The molecule has 0 aliphatic carbocycles. The maximum absolute atomic E-state index is 6.13. The second kappa shape index (κ2) is 6.97. The average Bonchev–Trinajstić information content (AvgIpc) is 3.01. The van der Waals surface area contributed by atoms with Crippen molar-refractivity contribution < 1.29 is 4.74 Å². The summed E-state index contributed by atoms with van der Waals surface area (Å²) in [5.74, 6) is 0.718. The minimum atomic E-state index is 0.147. The van der Waals surface area contributed by atoms with Gasteiger partial charge in [-0.05, 0) is 28.2 Å². The third-order valence-corrected chi connectivity index (χ3v) is 4.46. The molecule has 0 N–H and O–H groups in total. The second-order valence-electron chi connectivity index (χ2n) is 6.40. The van der Waals surface area contributed by atoms with E-state index in [4.69, 9.17) is 4.74 Å². The minimum absolute atomic E-state index is 0.147. The first-order valence-electron chi connectivity index (χ1n) is 8.31. The number of benzene rings is 2. The lowest BCUT2D eigenvalue weighted by atomic mass is 9.82. The molecule has 1 fully saturated rings. The number of hydrogen-bond donors (Lipinski definition) is 0. The highest BCUT2D eigenvalue weighted by Crippen LogP contribution is 2.40. The zero-order chi connectivity index (χ0) is 16.2. The molecule has 118 valence electrons. The van der Waals surface area contributed by atoms with Crippen molar-refractivity contribution in [1.29, 1.82) is 0 Å². The zero-order valence-corrected chi connectivity index (χ0v) is 13.9. The van der Waals surface area contributed by atoms with Crippen LogP contribution < -0.4 is 0 Å². The lowest BCUT2D eigenvalue weighted by molar-refractivity contribution is 0.0873. The zero-order valence-electron chi connectivity index (χ0n) is 13.9. The molecule has 0 unspecified atom stereocenters. The van der Waals surface area contributed by atoms with Crippen molar-refractivity contribution in [2.24, 2.45) is 11.8 Å². The lowest BCUT2D eigenvalue weighted by Gasteiger charge is -2.22. The Morgan fingerprint density at radius 3 is 1.96 bits per heavy atom. The Hall–Kier alpha value is -2.12. The van der Waals surface area contributed by atoms with Crippen LogP contribution in [0.2, 0.25) is 0 Å². The maximum atomic E-state index is 6.13. The van der Waals surface area contributed by atoms with Gasteiger partial charge in [-0.1, -0.05) is 80.6 Å². The van der Waals surface area contributed by atoms with Crippen molar-refractivity contribution >= 4 is 5.57 Å². The highest BCUT2D eigenvalue weighted by Gasteiger charge is 2.34. The molecular weight excluding hydrogens is 280 g/mol. The van der Waals surface area contributed by atoms with Gasteiger partial charge in [0.05, 0.1) is 12.7 Å². The summed E-state index contributed by atoms with van der Waals surface area (Å²) < 4.78 is 6.13. The normalized spacial score (nSPS) is 20.7. The van der Waals surface area contributed by atoms with Crippen LogP contribution in [0.5, 0.6) is 0 Å². The van der Waals surface area contributed by atoms with E-state index < -0.39 is 0 Å². The summed E-state index contributed by atoms with van der Waals surface area (Å²) in [6.45, 7) is 9.22. The third kappa shape index (κ3) is 3.16. The van der Waals surface area contributed by atoms with E-state index in [0.717, 1.165) is 6.61 Å². The number of hydrogen-bond acceptors (Lipinski definition) is 1. The first-order valence-corrected chi connectivity index (χ1v) is 8.31.